The maximum atomic E-state index is 3.36. The third-order valence-corrected chi connectivity index (χ3v) is 3.11. The van der Waals surface area contributed by atoms with Gasteiger partial charge in [-0.2, -0.15) is 0 Å². The SMILES string of the molecule is CC(C)C.CNC1CCC2(CNC2)C1. The van der Waals surface area contributed by atoms with E-state index in [0.717, 1.165) is 12.0 Å². The molecule has 0 aromatic heterocycles. The Labute approximate surface area is 88.8 Å². The Morgan fingerprint density at radius 2 is 1.86 bits per heavy atom. The fourth-order valence-corrected chi connectivity index (χ4v) is 2.25. The van der Waals surface area contributed by atoms with Gasteiger partial charge in [0.25, 0.3) is 0 Å². The first-order valence-corrected chi connectivity index (χ1v) is 5.96. The van der Waals surface area contributed by atoms with E-state index < -0.39 is 0 Å². The predicted octanol–water partition coefficient (Wildman–Crippen LogP) is 2.01. The van der Waals surface area contributed by atoms with Crippen LogP contribution in [0.3, 0.4) is 0 Å². The van der Waals surface area contributed by atoms with Gasteiger partial charge in [0.2, 0.25) is 0 Å². The second kappa shape index (κ2) is 5.13. The van der Waals surface area contributed by atoms with Crippen LogP contribution in [0.4, 0.5) is 0 Å². The molecule has 2 fully saturated rings. The van der Waals surface area contributed by atoms with Gasteiger partial charge >= 0.3 is 0 Å². The lowest BCUT2D eigenvalue weighted by Gasteiger charge is -2.39. The van der Waals surface area contributed by atoms with E-state index in [0.29, 0.717) is 5.41 Å². The lowest BCUT2D eigenvalue weighted by Crippen LogP contribution is -2.52. The maximum absolute atomic E-state index is 3.36. The number of rotatable bonds is 1. The van der Waals surface area contributed by atoms with Crippen molar-refractivity contribution in [1.82, 2.24) is 10.6 Å². The fourth-order valence-electron chi connectivity index (χ4n) is 2.25. The van der Waals surface area contributed by atoms with Crippen LogP contribution in [-0.4, -0.2) is 26.2 Å². The van der Waals surface area contributed by atoms with Gasteiger partial charge in [0.1, 0.15) is 0 Å². The summed E-state index contributed by atoms with van der Waals surface area (Å²) < 4.78 is 0. The molecule has 1 spiro atoms. The first kappa shape index (κ1) is 12.0. The lowest BCUT2D eigenvalue weighted by molar-refractivity contribution is 0.173. The van der Waals surface area contributed by atoms with Crippen LogP contribution in [0.1, 0.15) is 40.0 Å². The summed E-state index contributed by atoms with van der Waals surface area (Å²) in [5.74, 6) is 0.833. The minimum absolute atomic E-state index is 0.716. The van der Waals surface area contributed by atoms with Crippen molar-refractivity contribution < 1.29 is 0 Å². The Hall–Kier alpha value is -0.0800. The molecule has 1 aliphatic carbocycles. The summed E-state index contributed by atoms with van der Waals surface area (Å²) in [5.41, 5.74) is 0.716. The van der Waals surface area contributed by atoms with Crippen molar-refractivity contribution in [3.63, 3.8) is 0 Å². The Kier molecular flexibility index (Phi) is 4.39. The van der Waals surface area contributed by atoms with Crippen LogP contribution in [0, 0.1) is 11.3 Å². The molecule has 1 heterocycles. The van der Waals surface area contributed by atoms with E-state index in [9.17, 15) is 0 Å². The molecule has 0 radical (unpaired) electrons. The van der Waals surface area contributed by atoms with Crippen LogP contribution < -0.4 is 10.6 Å². The first-order chi connectivity index (χ1) is 6.58. The number of hydrogen-bond donors (Lipinski definition) is 2. The van der Waals surface area contributed by atoms with Gasteiger partial charge in [-0.3, -0.25) is 0 Å². The molecule has 2 nitrogen and oxygen atoms in total. The molecule has 0 aromatic rings. The van der Waals surface area contributed by atoms with Crippen molar-refractivity contribution >= 4 is 0 Å². The third kappa shape index (κ3) is 3.25. The molecule has 1 atom stereocenters. The van der Waals surface area contributed by atoms with Gasteiger partial charge in [-0.25, -0.2) is 0 Å². The zero-order chi connectivity index (χ0) is 10.6. The van der Waals surface area contributed by atoms with Gasteiger partial charge in [-0.15, -0.1) is 0 Å². The summed E-state index contributed by atoms with van der Waals surface area (Å²) >= 11 is 0. The Bertz CT molecular complexity index is 159. The van der Waals surface area contributed by atoms with Crippen LogP contribution in [0.5, 0.6) is 0 Å². The topological polar surface area (TPSA) is 24.1 Å². The van der Waals surface area contributed by atoms with E-state index >= 15 is 0 Å². The second-order valence-corrected chi connectivity index (χ2v) is 5.56. The molecule has 1 unspecified atom stereocenters. The molecule has 2 N–H and O–H groups in total. The smallest absolute Gasteiger partial charge is 0.00705 e. The first-order valence-electron chi connectivity index (χ1n) is 5.96. The van der Waals surface area contributed by atoms with Crippen molar-refractivity contribution in [2.24, 2.45) is 11.3 Å². The molecule has 1 aliphatic heterocycles. The van der Waals surface area contributed by atoms with E-state index in [2.05, 4.69) is 38.5 Å². The highest BCUT2D eigenvalue weighted by atomic mass is 15.0. The molecule has 1 saturated carbocycles. The number of hydrogen-bond acceptors (Lipinski definition) is 2. The molecule has 2 aliphatic rings. The summed E-state index contributed by atoms with van der Waals surface area (Å²) in [6.07, 6.45) is 4.22. The van der Waals surface area contributed by atoms with E-state index in [1.807, 2.05) is 0 Å². The van der Waals surface area contributed by atoms with Crippen LogP contribution in [0.25, 0.3) is 0 Å². The zero-order valence-corrected chi connectivity index (χ0v) is 10.2. The molecule has 84 valence electrons. The van der Waals surface area contributed by atoms with E-state index in [-0.39, 0.29) is 0 Å². The van der Waals surface area contributed by atoms with Crippen LogP contribution in [0.15, 0.2) is 0 Å². The average molecular weight is 198 g/mol. The Morgan fingerprint density at radius 3 is 2.07 bits per heavy atom. The van der Waals surface area contributed by atoms with Gasteiger partial charge in [-0.05, 0) is 37.6 Å². The molecule has 14 heavy (non-hydrogen) atoms. The molecule has 0 amide bonds. The molecule has 1 saturated heterocycles. The van der Waals surface area contributed by atoms with Crippen molar-refractivity contribution in [2.75, 3.05) is 20.1 Å². The highest BCUT2D eigenvalue weighted by Gasteiger charge is 2.42. The minimum atomic E-state index is 0.716. The predicted molar refractivity (Wildman–Crippen MR) is 62.5 cm³/mol. The Balaban J connectivity index is 0.000000213. The standard InChI is InChI=1S/C8H16N2.C4H10/c1-9-7-2-3-8(4-7)5-10-6-8;1-4(2)3/h7,9-10H,2-6H2,1H3;4H,1-3H3. The van der Waals surface area contributed by atoms with Crippen LogP contribution in [-0.2, 0) is 0 Å². The normalized spacial score (nSPS) is 28.5. The summed E-state index contributed by atoms with van der Waals surface area (Å²) in [6.45, 7) is 9.04. The van der Waals surface area contributed by atoms with Gasteiger partial charge in [0.05, 0.1) is 0 Å². The Morgan fingerprint density at radius 1 is 1.29 bits per heavy atom. The molecule has 2 rings (SSSR count). The van der Waals surface area contributed by atoms with Gasteiger partial charge < -0.3 is 10.6 Å². The average Bonchev–Trinajstić information content (AvgIpc) is 2.45. The highest BCUT2D eigenvalue weighted by molar-refractivity contribution is 5.00. The zero-order valence-electron chi connectivity index (χ0n) is 10.2. The van der Waals surface area contributed by atoms with Crippen LogP contribution in [0.2, 0.25) is 0 Å². The van der Waals surface area contributed by atoms with E-state index in [1.54, 1.807) is 0 Å². The molecule has 0 aromatic carbocycles. The molecule has 2 heteroatoms. The van der Waals surface area contributed by atoms with Gasteiger partial charge in [-0.1, -0.05) is 20.8 Å². The van der Waals surface area contributed by atoms with Crippen molar-refractivity contribution in [1.29, 1.82) is 0 Å². The minimum Gasteiger partial charge on any atom is -0.317 e. The summed E-state index contributed by atoms with van der Waals surface area (Å²) in [7, 11) is 2.08. The molecule has 0 bridgehead atoms. The second-order valence-electron chi connectivity index (χ2n) is 5.56. The van der Waals surface area contributed by atoms with Gasteiger partial charge in [0, 0.05) is 19.1 Å². The highest BCUT2D eigenvalue weighted by Crippen LogP contribution is 2.40. The maximum Gasteiger partial charge on any atom is 0.00705 e. The largest absolute Gasteiger partial charge is 0.317 e. The van der Waals surface area contributed by atoms with Crippen molar-refractivity contribution in [3.8, 4) is 0 Å². The fraction of sp³-hybridized carbons (Fsp3) is 1.00. The third-order valence-electron chi connectivity index (χ3n) is 3.11. The van der Waals surface area contributed by atoms with E-state index in [1.165, 1.54) is 32.4 Å². The molecular formula is C12H26N2. The number of nitrogens with one attached hydrogen (secondary N) is 2. The summed E-state index contributed by atoms with van der Waals surface area (Å²) in [5, 5.41) is 6.72. The molecular weight excluding hydrogens is 172 g/mol. The van der Waals surface area contributed by atoms with Crippen LogP contribution >= 0.6 is 0 Å². The van der Waals surface area contributed by atoms with E-state index in [4.69, 9.17) is 0 Å². The van der Waals surface area contributed by atoms with Gasteiger partial charge in [0.15, 0.2) is 0 Å². The van der Waals surface area contributed by atoms with Crippen molar-refractivity contribution in [2.45, 2.75) is 46.1 Å². The quantitative estimate of drug-likeness (QED) is 0.673. The monoisotopic (exact) mass is 198 g/mol. The lowest BCUT2D eigenvalue weighted by atomic mass is 9.80. The van der Waals surface area contributed by atoms with Crippen molar-refractivity contribution in [3.05, 3.63) is 0 Å². The summed E-state index contributed by atoms with van der Waals surface area (Å²) in [4.78, 5) is 0. The summed E-state index contributed by atoms with van der Waals surface area (Å²) in [6, 6.07) is 0.807.